The van der Waals surface area contributed by atoms with Crippen molar-refractivity contribution in [2.24, 2.45) is 5.73 Å². The zero-order chi connectivity index (χ0) is 11.0. The van der Waals surface area contributed by atoms with Gasteiger partial charge >= 0.3 is 0 Å². The SMILES string of the molecule is CC.CC1=CC=C(N(C)CN)CCC1. The van der Waals surface area contributed by atoms with Gasteiger partial charge in [0.25, 0.3) is 0 Å². The third kappa shape index (κ3) is 4.47. The first-order valence-corrected chi connectivity index (χ1v) is 5.51. The number of allylic oxidation sites excluding steroid dienone is 4. The minimum atomic E-state index is 0.610. The van der Waals surface area contributed by atoms with Crippen molar-refractivity contribution in [3.05, 3.63) is 23.4 Å². The fraction of sp³-hybridized carbons (Fsp3) is 0.667. The molecule has 2 heteroatoms. The minimum absolute atomic E-state index is 0.610. The van der Waals surface area contributed by atoms with Crippen molar-refractivity contribution < 1.29 is 0 Å². The molecule has 0 heterocycles. The average Bonchev–Trinajstić information content (AvgIpc) is 2.45. The Morgan fingerprint density at radius 1 is 1.29 bits per heavy atom. The van der Waals surface area contributed by atoms with Gasteiger partial charge in [0, 0.05) is 12.7 Å². The molecule has 2 nitrogen and oxygen atoms in total. The summed E-state index contributed by atoms with van der Waals surface area (Å²) in [5.74, 6) is 0. The Morgan fingerprint density at radius 3 is 2.50 bits per heavy atom. The second-order valence-electron chi connectivity index (χ2n) is 3.41. The molecule has 14 heavy (non-hydrogen) atoms. The number of rotatable bonds is 2. The summed E-state index contributed by atoms with van der Waals surface area (Å²) >= 11 is 0. The molecule has 0 fully saturated rings. The topological polar surface area (TPSA) is 29.3 Å². The van der Waals surface area contributed by atoms with Gasteiger partial charge in [-0.2, -0.15) is 0 Å². The summed E-state index contributed by atoms with van der Waals surface area (Å²) in [6, 6.07) is 0. The van der Waals surface area contributed by atoms with E-state index < -0.39 is 0 Å². The molecule has 0 unspecified atom stereocenters. The highest BCUT2D eigenvalue weighted by atomic mass is 15.2. The van der Waals surface area contributed by atoms with Gasteiger partial charge in [0.15, 0.2) is 0 Å². The summed E-state index contributed by atoms with van der Waals surface area (Å²) in [5, 5.41) is 0. The summed E-state index contributed by atoms with van der Waals surface area (Å²) in [7, 11) is 2.04. The van der Waals surface area contributed by atoms with Crippen molar-refractivity contribution in [1.29, 1.82) is 0 Å². The zero-order valence-electron chi connectivity index (χ0n) is 10.0. The van der Waals surface area contributed by atoms with Crippen LogP contribution >= 0.6 is 0 Å². The lowest BCUT2D eigenvalue weighted by Crippen LogP contribution is -2.24. The van der Waals surface area contributed by atoms with Crippen molar-refractivity contribution >= 4 is 0 Å². The molecule has 1 aliphatic carbocycles. The molecule has 0 aromatic heterocycles. The zero-order valence-corrected chi connectivity index (χ0v) is 10.0. The predicted molar refractivity (Wildman–Crippen MR) is 63.9 cm³/mol. The Bertz CT molecular complexity index is 204. The van der Waals surface area contributed by atoms with Crippen molar-refractivity contribution in [3.63, 3.8) is 0 Å². The predicted octanol–water partition coefficient (Wildman–Crippen LogP) is 2.87. The van der Waals surface area contributed by atoms with Gasteiger partial charge in [0.05, 0.1) is 6.67 Å². The standard InChI is InChI=1S/C10H18N2.C2H6/c1-9-4-3-5-10(7-6-9)12(2)8-11;1-2/h6-7H,3-5,8,11H2,1-2H3;1-2H3. The highest BCUT2D eigenvalue weighted by Crippen LogP contribution is 2.18. The highest BCUT2D eigenvalue weighted by molar-refractivity contribution is 5.18. The molecular weight excluding hydrogens is 172 g/mol. The van der Waals surface area contributed by atoms with Crippen LogP contribution in [0.2, 0.25) is 0 Å². The van der Waals surface area contributed by atoms with E-state index in [2.05, 4.69) is 24.0 Å². The smallest absolute Gasteiger partial charge is 0.0650 e. The summed E-state index contributed by atoms with van der Waals surface area (Å²) in [4.78, 5) is 2.11. The fourth-order valence-electron chi connectivity index (χ4n) is 1.39. The van der Waals surface area contributed by atoms with Crippen LogP contribution in [0.15, 0.2) is 23.4 Å². The summed E-state index contributed by atoms with van der Waals surface area (Å²) in [6.45, 7) is 6.79. The Morgan fingerprint density at radius 2 is 1.93 bits per heavy atom. The van der Waals surface area contributed by atoms with Crippen LogP contribution in [0.4, 0.5) is 0 Å². The number of hydrogen-bond donors (Lipinski definition) is 1. The van der Waals surface area contributed by atoms with Gasteiger partial charge in [0.1, 0.15) is 0 Å². The van der Waals surface area contributed by atoms with Crippen LogP contribution < -0.4 is 5.73 Å². The lowest BCUT2D eigenvalue weighted by Gasteiger charge is -2.19. The van der Waals surface area contributed by atoms with Gasteiger partial charge in [-0.3, -0.25) is 0 Å². The molecule has 0 atom stereocenters. The lowest BCUT2D eigenvalue weighted by atomic mass is 10.1. The van der Waals surface area contributed by atoms with Crippen LogP contribution in [0.25, 0.3) is 0 Å². The maximum absolute atomic E-state index is 5.55. The first kappa shape index (κ1) is 13.2. The van der Waals surface area contributed by atoms with Gasteiger partial charge in [-0.05, 0) is 32.3 Å². The van der Waals surface area contributed by atoms with E-state index in [0.717, 1.165) is 6.42 Å². The van der Waals surface area contributed by atoms with E-state index in [0.29, 0.717) is 6.67 Å². The van der Waals surface area contributed by atoms with Crippen molar-refractivity contribution in [1.82, 2.24) is 4.90 Å². The Kier molecular flexibility index (Phi) is 7.21. The summed E-state index contributed by atoms with van der Waals surface area (Å²) in [5.41, 5.74) is 8.38. The van der Waals surface area contributed by atoms with E-state index in [1.165, 1.54) is 24.1 Å². The maximum atomic E-state index is 5.55. The van der Waals surface area contributed by atoms with Crippen LogP contribution in [0.3, 0.4) is 0 Å². The summed E-state index contributed by atoms with van der Waals surface area (Å²) < 4.78 is 0. The molecule has 1 aliphatic rings. The Labute approximate surface area is 88.5 Å². The summed E-state index contributed by atoms with van der Waals surface area (Å²) in [6.07, 6.45) is 8.02. The van der Waals surface area contributed by atoms with E-state index in [1.54, 1.807) is 0 Å². The van der Waals surface area contributed by atoms with E-state index in [9.17, 15) is 0 Å². The quantitative estimate of drug-likeness (QED) is 0.688. The van der Waals surface area contributed by atoms with Crippen LogP contribution in [0.5, 0.6) is 0 Å². The number of nitrogens with two attached hydrogens (primary N) is 1. The Balaban J connectivity index is 0.000000791. The van der Waals surface area contributed by atoms with Crippen molar-refractivity contribution in [3.8, 4) is 0 Å². The monoisotopic (exact) mass is 196 g/mol. The lowest BCUT2D eigenvalue weighted by molar-refractivity contribution is 0.411. The van der Waals surface area contributed by atoms with Gasteiger partial charge in [-0.1, -0.05) is 25.5 Å². The molecule has 0 aromatic carbocycles. The second-order valence-corrected chi connectivity index (χ2v) is 3.41. The second kappa shape index (κ2) is 7.63. The fourth-order valence-corrected chi connectivity index (χ4v) is 1.39. The van der Waals surface area contributed by atoms with Crippen LogP contribution in [0, 0.1) is 0 Å². The molecule has 82 valence electrons. The highest BCUT2D eigenvalue weighted by Gasteiger charge is 2.04. The van der Waals surface area contributed by atoms with Gasteiger partial charge in [-0.15, -0.1) is 0 Å². The number of hydrogen-bond acceptors (Lipinski definition) is 2. The maximum Gasteiger partial charge on any atom is 0.0650 e. The number of nitrogens with zero attached hydrogens (tertiary/aromatic N) is 1. The molecule has 0 bridgehead atoms. The molecule has 1 rings (SSSR count). The Hall–Kier alpha value is -0.760. The molecule has 0 saturated carbocycles. The van der Waals surface area contributed by atoms with Crippen LogP contribution in [-0.2, 0) is 0 Å². The molecule has 2 N–H and O–H groups in total. The molecule has 0 aromatic rings. The first-order chi connectivity index (χ1) is 6.74. The largest absolute Gasteiger partial charge is 0.365 e. The molecule has 0 saturated heterocycles. The molecule has 0 radical (unpaired) electrons. The average molecular weight is 196 g/mol. The van der Waals surface area contributed by atoms with Crippen LogP contribution in [0.1, 0.15) is 40.0 Å². The molecule has 0 aliphatic heterocycles. The van der Waals surface area contributed by atoms with Gasteiger partial charge < -0.3 is 10.6 Å². The first-order valence-electron chi connectivity index (χ1n) is 5.51. The van der Waals surface area contributed by atoms with E-state index in [1.807, 2.05) is 20.9 Å². The molecule has 0 amide bonds. The van der Waals surface area contributed by atoms with Crippen molar-refractivity contribution in [2.45, 2.75) is 40.0 Å². The minimum Gasteiger partial charge on any atom is -0.365 e. The molecule has 0 spiro atoms. The van der Waals surface area contributed by atoms with Crippen molar-refractivity contribution in [2.75, 3.05) is 13.7 Å². The van der Waals surface area contributed by atoms with E-state index in [-0.39, 0.29) is 0 Å². The molecular formula is C12H24N2. The van der Waals surface area contributed by atoms with E-state index in [4.69, 9.17) is 5.73 Å². The normalized spacial score (nSPS) is 15.8. The van der Waals surface area contributed by atoms with E-state index >= 15 is 0 Å². The van der Waals surface area contributed by atoms with Crippen LogP contribution in [-0.4, -0.2) is 18.6 Å². The van der Waals surface area contributed by atoms with Gasteiger partial charge in [-0.25, -0.2) is 0 Å². The third-order valence-electron chi connectivity index (χ3n) is 2.33. The van der Waals surface area contributed by atoms with Gasteiger partial charge in [0.2, 0.25) is 0 Å². The third-order valence-corrected chi connectivity index (χ3v) is 2.33.